The van der Waals surface area contributed by atoms with Crippen molar-refractivity contribution in [3.8, 4) is 17.2 Å². The number of aromatic hydroxyl groups is 3. The van der Waals surface area contributed by atoms with Crippen molar-refractivity contribution in [2.45, 2.75) is 75.8 Å². The second-order valence-electron chi connectivity index (χ2n) is 9.83. The zero-order valence-corrected chi connectivity index (χ0v) is 21.1. The molecule has 0 bridgehead atoms. The first-order chi connectivity index (χ1) is 17.0. The summed E-state index contributed by atoms with van der Waals surface area (Å²) in [4.78, 5) is 26.7. The highest BCUT2D eigenvalue weighted by atomic mass is 35.5. The molecule has 2 aromatic rings. The summed E-state index contributed by atoms with van der Waals surface area (Å²) < 4.78 is 11.9. The van der Waals surface area contributed by atoms with Crippen LogP contribution in [0.3, 0.4) is 0 Å². The van der Waals surface area contributed by atoms with Crippen LogP contribution in [-0.2, 0) is 15.9 Å². The number of hydrogen-bond acceptors (Lipinski definition) is 10. The van der Waals surface area contributed by atoms with E-state index in [0.717, 1.165) is 0 Å². The van der Waals surface area contributed by atoms with E-state index in [1.807, 2.05) is 0 Å². The zero-order chi connectivity index (χ0) is 26.1. The fraction of sp³-hybridized carbons (Fsp3) is 0.462. The van der Waals surface area contributed by atoms with Crippen LogP contribution in [0.5, 0.6) is 17.2 Å². The van der Waals surface area contributed by atoms with E-state index in [9.17, 15) is 35.1 Å². The van der Waals surface area contributed by atoms with Crippen molar-refractivity contribution in [1.82, 2.24) is 0 Å². The van der Waals surface area contributed by atoms with Gasteiger partial charge in [-0.1, -0.05) is 19.1 Å². The lowest BCUT2D eigenvalue weighted by atomic mass is 9.72. The van der Waals surface area contributed by atoms with E-state index in [1.54, 1.807) is 13.8 Å². The Balaban J connectivity index is 0.00000320. The normalized spacial score (nSPS) is 30.7. The molecule has 10 nitrogen and oxygen atoms in total. The maximum atomic E-state index is 13.4. The number of carbonyl (C=O) groups is 2. The van der Waals surface area contributed by atoms with Crippen molar-refractivity contribution in [3.05, 3.63) is 51.6 Å². The summed E-state index contributed by atoms with van der Waals surface area (Å²) in [6.07, 6.45) is -3.16. The summed E-state index contributed by atoms with van der Waals surface area (Å²) in [6, 6.07) is 3.38. The molecule has 1 saturated heterocycles. The first kappa shape index (κ1) is 27.3. The molecule has 2 aromatic carbocycles. The highest BCUT2D eigenvalue weighted by molar-refractivity contribution is 6.31. The topological polar surface area (TPSA) is 180 Å². The number of hydrogen-bond donors (Lipinski definition) is 6. The van der Waals surface area contributed by atoms with Crippen LogP contribution in [0.15, 0.2) is 18.2 Å². The first-order valence-electron chi connectivity index (χ1n) is 12.0. The van der Waals surface area contributed by atoms with Gasteiger partial charge in [-0.25, -0.2) is 0 Å². The molecular weight excluding hydrogens is 506 g/mol. The molecule has 0 amide bonds. The predicted molar refractivity (Wildman–Crippen MR) is 132 cm³/mol. The molecule has 0 spiro atoms. The van der Waals surface area contributed by atoms with Crippen LogP contribution in [-0.4, -0.2) is 67.2 Å². The number of benzene rings is 2. The lowest BCUT2D eigenvalue weighted by molar-refractivity contribution is -0.268. The molecule has 1 aliphatic heterocycles. The third-order valence-corrected chi connectivity index (χ3v) is 7.77. The number of nitrogens with two attached hydrogens (primary N) is 1. The largest absolute Gasteiger partial charge is 0.507 e. The maximum Gasteiger partial charge on any atom is 0.202 e. The van der Waals surface area contributed by atoms with E-state index in [4.69, 9.17) is 15.2 Å². The number of phenolic OH excluding ortho intramolecular Hbond substituents is 3. The van der Waals surface area contributed by atoms with E-state index in [2.05, 4.69) is 0 Å². The fourth-order valence-corrected chi connectivity index (χ4v) is 5.62. The van der Waals surface area contributed by atoms with Crippen molar-refractivity contribution in [2.24, 2.45) is 5.73 Å². The van der Waals surface area contributed by atoms with Gasteiger partial charge < -0.3 is 40.7 Å². The number of rotatable bonds is 3. The predicted octanol–water partition coefficient (Wildman–Crippen LogP) is 1.97. The van der Waals surface area contributed by atoms with Gasteiger partial charge in [0, 0.05) is 29.2 Å². The molecule has 7 N–H and O–H groups in total. The van der Waals surface area contributed by atoms with Crippen LogP contribution in [0, 0.1) is 0 Å². The van der Waals surface area contributed by atoms with Gasteiger partial charge in [-0.2, -0.15) is 0 Å². The molecule has 5 rings (SSSR count). The molecule has 0 aromatic heterocycles. The number of ether oxygens (including phenoxy) is 2. The third-order valence-electron chi connectivity index (χ3n) is 7.77. The Morgan fingerprint density at radius 3 is 2.43 bits per heavy atom. The Labute approximate surface area is 219 Å². The minimum atomic E-state index is -1.49. The molecule has 1 fully saturated rings. The van der Waals surface area contributed by atoms with Gasteiger partial charge in [0.25, 0.3) is 0 Å². The zero-order valence-electron chi connectivity index (χ0n) is 20.3. The molecule has 0 unspecified atom stereocenters. The highest BCUT2D eigenvalue weighted by Crippen LogP contribution is 2.53. The van der Waals surface area contributed by atoms with Gasteiger partial charge >= 0.3 is 0 Å². The van der Waals surface area contributed by atoms with E-state index >= 15 is 0 Å². The first-order valence-corrected chi connectivity index (χ1v) is 12.0. The van der Waals surface area contributed by atoms with Gasteiger partial charge in [-0.05, 0) is 32.3 Å². The minimum Gasteiger partial charge on any atom is -0.507 e. The standard InChI is InChI=1S/C26H29NO9.ClH/c1-3-26(34)8-7-12-17(25(26)36-15-9-13(27)20(29)10(2)35-15)24(33)19-18(22(12)31)23(32)16-11(21(19)30)5-4-6-14(16)28;/h4-6,10,13,15,20,25,28-29,31,33-34H,3,7-9,27H2,1-2H3;1H/t10-,13-,15-,20+,25+,26+;/m0./s1. The van der Waals surface area contributed by atoms with Crippen LogP contribution in [0.4, 0.5) is 0 Å². The highest BCUT2D eigenvalue weighted by Gasteiger charge is 2.49. The number of aliphatic hydroxyl groups is 2. The monoisotopic (exact) mass is 535 g/mol. The summed E-state index contributed by atoms with van der Waals surface area (Å²) >= 11 is 0. The third kappa shape index (κ3) is 3.99. The van der Waals surface area contributed by atoms with Crippen LogP contribution in [0.1, 0.15) is 82.2 Å². The molecule has 0 radical (unpaired) electrons. The molecule has 11 heteroatoms. The molecule has 0 saturated carbocycles. The van der Waals surface area contributed by atoms with Crippen molar-refractivity contribution in [2.75, 3.05) is 0 Å². The van der Waals surface area contributed by atoms with Gasteiger partial charge in [-0.15, -0.1) is 12.4 Å². The van der Waals surface area contributed by atoms with Crippen LogP contribution >= 0.6 is 12.4 Å². The van der Waals surface area contributed by atoms with E-state index in [1.165, 1.54) is 18.2 Å². The van der Waals surface area contributed by atoms with E-state index in [0.29, 0.717) is 0 Å². The minimum absolute atomic E-state index is 0. The lowest BCUT2D eigenvalue weighted by Crippen LogP contribution is -2.53. The average Bonchev–Trinajstić information content (AvgIpc) is 2.84. The Hall–Kier alpha value is -2.73. The second kappa shape index (κ2) is 9.54. The molecule has 3 aliphatic rings. The molecule has 2 aliphatic carbocycles. The van der Waals surface area contributed by atoms with Crippen LogP contribution in [0.25, 0.3) is 0 Å². The Kier molecular flexibility index (Phi) is 7.04. The van der Waals surface area contributed by atoms with Crippen molar-refractivity contribution in [1.29, 1.82) is 0 Å². The second-order valence-corrected chi connectivity index (χ2v) is 9.83. The molecular formula is C26H30ClNO9. The van der Waals surface area contributed by atoms with Gasteiger partial charge in [0.05, 0.1) is 34.5 Å². The van der Waals surface area contributed by atoms with E-state index < -0.39 is 76.2 Å². The van der Waals surface area contributed by atoms with Crippen molar-refractivity contribution < 1.29 is 44.6 Å². The summed E-state index contributed by atoms with van der Waals surface area (Å²) in [5.41, 5.74) is 3.57. The number of phenols is 3. The Bertz CT molecular complexity index is 1270. The summed E-state index contributed by atoms with van der Waals surface area (Å²) in [5.74, 6) is -3.01. The van der Waals surface area contributed by atoms with Gasteiger partial charge in [0.15, 0.2) is 12.1 Å². The number of fused-ring (bicyclic) bond motifs is 3. The van der Waals surface area contributed by atoms with Crippen molar-refractivity contribution >= 4 is 24.0 Å². The van der Waals surface area contributed by atoms with Crippen molar-refractivity contribution in [3.63, 3.8) is 0 Å². The summed E-state index contributed by atoms with van der Waals surface area (Å²) in [5, 5.41) is 54.5. The number of aliphatic hydroxyl groups excluding tert-OH is 1. The number of halogens is 1. The SMILES string of the molecule is CC[C@@]1(O)CCc2c(O)c3c(c(O)c2[C@H]1O[C@H]1C[C@H](N)[C@H](O)[C@H](C)O1)C(=O)c1cccc(O)c1C3=O.Cl. The van der Waals surface area contributed by atoms with Crippen LogP contribution in [0.2, 0.25) is 0 Å². The van der Waals surface area contributed by atoms with Crippen LogP contribution < -0.4 is 5.73 Å². The average molecular weight is 536 g/mol. The smallest absolute Gasteiger partial charge is 0.202 e. The Morgan fingerprint density at radius 2 is 1.78 bits per heavy atom. The maximum absolute atomic E-state index is 13.4. The Morgan fingerprint density at radius 1 is 1.11 bits per heavy atom. The van der Waals surface area contributed by atoms with Gasteiger partial charge in [0.1, 0.15) is 23.4 Å². The van der Waals surface area contributed by atoms with Gasteiger partial charge in [0.2, 0.25) is 5.78 Å². The number of ketones is 2. The molecule has 37 heavy (non-hydrogen) atoms. The molecule has 200 valence electrons. The van der Waals surface area contributed by atoms with Gasteiger partial charge in [-0.3, -0.25) is 9.59 Å². The lowest BCUT2D eigenvalue weighted by Gasteiger charge is -2.45. The summed E-state index contributed by atoms with van der Waals surface area (Å²) in [7, 11) is 0. The summed E-state index contributed by atoms with van der Waals surface area (Å²) in [6.45, 7) is 3.38. The quantitative estimate of drug-likeness (QED) is 0.271. The molecule has 1 heterocycles. The number of carbonyl (C=O) groups excluding carboxylic acids is 2. The van der Waals surface area contributed by atoms with E-state index in [-0.39, 0.29) is 60.3 Å². The molecule has 6 atom stereocenters. The fourth-order valence-electron chi connectivity index (χ4n) is 5.62.